The number of aliphatic hydroxyl groups excluding tert-OH is 1. The van der Waals surface area contributed by atoms with Crippen molar-refractivity contribution in [2.75, 3.05) is 59.1 Å². The predicted molar refractivity (Wildman–Crippen MR) is 136 cm³/mol. The van der Waals surface area contributed by atoms with Gasteiger partial charge in [0.05, 0.1) is 24.7 Å². The van der Waals surface area contributed by atoms with Crippen LogP contribution in [0, 0.1) is 17.8 Å². The first kappa shape index (κ1) is 28.0. The van der Waals surface area contributed by atoms with Gasteiger partial charge in [-0.05, 0) is 32.1 Å². The number of ether oxygens (including phenoxy) is 2. The Bertz CT molecular complexity index is 878. The lowest BCUT2D eigenvalue weighted by atomic mass is 9.62. The number of hydrogen-bond acceptors (Lipinski definition) is 7. The molecule has 6 atom stereocenters. The fourth-order valence-corrected chi connectivity index (χ4v) is 7.09. The van der Waals surface area contributed by atoms with Gasteiger partial charge in [0.15, 0.2) is 0 Å². The fourth-order valence-electron chi connectivity index (χ4n) is 7.09. The zero-order valence-electron chi connectivity index (χ0n) is 22.3. The molecule has 0 aromatic heterocycles. The number of morpholine rings is 1. The highest BCUT2D eigenvalue weighted by Crippen LogP contribution is 2.65. The first-order chi connectivity index (χ1) is 17.7. The predicted octanol–water partition coefficient (Wildman–Crippen LogP) is 0.981. The van der Waals surface area contributed by atoms with Crippen molar-refractivity contribution >= 4 is 17.8 Å². The van der Waals surface area contributed by atoms with Crippen LogP contribution in [-0.4, -0.2) is 119 Å². The Morgan fingerprint density at radius 1 is 1.19 bits per heavy atom. The van der Waals surface area contributed by atoms with E-state index in [0.29, 0.717) is 58.7 Å². The molecule has 37 heavy (non-hydrogen) atoms. The molecule has 10 nitrogen and oxygen atoms in total. The van der Waals surface area contributed by atoms with Crippen molar-refractivity contribution in [2.24, 2.45) is 17.8 Å². The number of carbonyl (C=O) groups excluding carboxylic acids is 2. The minimum atomic E-state index is -1.14. The molecule has 0 aromatic rings. The van der Waals surface area contributed by atoms with Gasteiger partial charge in [0.2, 0.25) is 11.8 Å². The Balaban J connectivity index is 1.62. The molecule has 10 heteroatoms. The summed E-state index contributed by atoms with van der Waals surface area (Å²) in [6.07, 6.45) is 5.19. The van der Waals surface area contributed by atoms with Crippen LogP contribution in [0.4, 0.5) is 0 Å². The number of unbranched alkanes of at least 4 members (excludes halogenated alkanes) is 3. The van der Waals surface area contributed by atoms with Crippen molar-refractivity contribution < 1.29 is 34.1 Å². The molecule has 1 spiro atoms. The Morgan fingerprint density at radius 3 is 2.54 bits per heavy atom. The normalized spacial score (nSPS) is 35.1. The van der Waals surface area contributed by atoms with Gasteiger partial charge in [-0.15, -0.1) is 6.58 Å². The van der Waals surface area contributed by atoms with Crippen LogP contribution in [0.3, 0.4) is 0 Å². The van der Waals surface area contributed by atoms with Gasteiger partial charge in [0.1, 0.15) is 17.6 Å². The quantitative estimate of drug-likeness (QED) is 0.272. The molecule has 2 bridgehead atoms. The molecule has 208 valence electrons. The van der Waals surface area contributed by atoms with Crippen molar-refractivity contribution in [3.05, 3.63) is 12.7 Å². The Hall–Kier alpha value is -2.01. The first-order valence-corrected chi connectivity index (χ1v) is 13.8. The summed E-state index contributed by atoms with van der Waals surface area (Å²) in [4.78, 5) is 46.3. The number of hydrogen-bond donors (Lipinski definition) is 2. The number of rotatable bonds is 13. The summed E-state index contributed by atoms with van der Waals surface area (Å²) < 4.78 is 12.0. The molecule has 0 aliphatic carbocycles. The number of carbonyl (C=O) groups is 3. The molecular weight excluding hydrogens is 478 g/mol. The van der Waals surface area contributed by atoms with Crippen molar-refractivity contribution in [1.29, 1.82) is 0 Å². The maximum absolute atomic E-state index is 14.3. The molecule has 4 heterocycles. The van der Waals surface area contributed by atoms with Gasteiger partial charge in [-0.2, -0.15) is 0 Å². The fraction of sp³-hybridized carbons (Fsp3) is 0.815. The van der Waals surface area contributed by atoms with Crippen molar-refractivity contribution in [2.45, 2.75) is 63.2 Å². The molecule has 3 unspecified atom stereocenters. The van der Waals surface area contributed by atoms with Gasteiger partial charge in [-0.1, -0.05) is 25.8 Å². The van der Waals surface area contributed by atoms with E-state index >= 15 is 0 Å². The monoisotopic (exact) mass is 521 g/mol. The first-order valence-electron chi connectivity index (χ1n) is 13.8. The standard InChI is InChI=1S/C27H43N3O7/c1-4-9-29(12-11-28-13-16-36-17-14-28)24(33)22-27-18-19(2)26(3,37-27)21(25(34)35)20(27)23(32)30(22)10-7-5-6-8-15-31/h4,19-22,31H,1,5-18H2,2-3H3,(H,34,35)/t19?,20-,21-,22?,26+,27?/m0/s1. The highest BCUT2D eigenvalue weighted by molar-refractivity contribution is 5.98. The summed E-state index contributed by atoms with van der Waals surface area (Å²) in [5.41, 5.74) is -2.14. The lowest BCUT2D eigenvalue weighted by molar-refractivity contribution is -0.158. The van der Waals surface area contributed by atoms with Crippen LogP contribution in [0.15, 0.2) is 12.7 Å². The Morgan fingerprint density at radius 2 is 1.89 bits per heavy atom. The third kappa shape index (κ3) is 4.93. The van der Waals surface area contributed by atoms with Crippen LogP contribution in [0.1, 0.15) is 46.0 Å². The molecule has 0 saturated carbocycles. The zero-order valence-corrected chi connectivity index (χ0v) is 22.3. The number of aliphatic hydroxyl groups is 1. The summed E-state index contributed by atoms with van der Waals surface area (Å²) in [7, 11) is 0. The van der Waals surface area contributed by atoms with Crippen molar-refractivity contribution in [3.8, 4) is 0 Å². The Kier molecular flexibility index (Phi) is 8.62. The topological polar surface area (TPSA) is 120 Å². The second-order valence-corrected chi connectivity index (χ2v) is 11.2. The lowest BCUT2D eigenvalue weighted by Gasteiger charge is -2.38. The van der Waals surface area contributed by atoms with E-state index in [-0.39, 0.29) is 24.3 Å². The van der Waals surface area contributed by atoms with Gasteiger partial charge >= 0.3 is 5.97 Å². The highest BCUT2D eigenvalue weighted by Gasteiger charge is 2.80. The number of carboxylic acid groups (broad SMARTS) is 1. The third-order valence-electron chi connectivity index (χ3n) is 9.07. The minimum absolute atomic E-state index is 0.0985. The van der Waals surface area contributed by atoms with E-state index < -0.39 is 35.0 Å². The molecule has 4 aliphatic rings. The minimum Gasteiger partial charge on any atom is -0.481 e. The second kappa shape index (κ2) is 11.4. The number of carboxylic acids is 1. The number of fused-ring (bicyclic) bond motifs is 1. The molecule has 4 rings (SSSR count). The molecular formula is C27H43N3O7. The maximum Gasteiger partial charge on any atom is 0.310 e. The number of likely N-dealkylation sites (tertiary alicyclic amines) is 1. The summed E-state index contributed by atoms with van der Waals surface area (Å²) in [6.45, 7) is 12.6. The van der Waals surface area contributed by atoms with E-state index in [1.807, 2.05) is 6.92 Å². The van der Waals surface area contributed by atoms with Gasteiger partial charge < -0.3 is 29.5 Å². The zero-order chi connectivity index (χ0) is 26.8. The summed E-state index contributed by atoms with van der Waals surface area (Å²) in [5, 5.41) is 19.3. The lowest BCUT2D eigenvalue weighted by Crippen LogP contribution is -2.57. The molecule has 2 amide bonds. The van der Waals surface area contributed by atoms with E-state index in [9.17, 15) is 19.5 Å². The molecule has 0 radical (unpaired) electrons. The summed E-state index contributed by atoms with van der Waals surface area (Å²) in [5.74, 6) is -3.47. The summed E-state index contributed by atoms with van der Waals surface area (Å²) in [6, 6.07) is -0.860. The maximum atomic E-state index is 14.3. The molecule has 4 aliphatic heterocycles. The van der Waals surface area contributed by atoms with Crippen LogP contribution in [0.25, 0.3) is 0 Å². The van der Waals surface area contributed by atoms with E-state index in [1.54, 1.807) is 22.8 Å². The van der Waals surface area contributed by atoms with E-state index in [1.165, 1.54) is 0 Å². The van der Waals surface area contributed by atoms with Gasteiger partial charge in [0, 0.05) is 45.9 Å². The molecule has 4 fully saturated rings. The highest BCUT2D eigenvalue weighted by atomic mass is 16.5. The molecule has 4 saturated heterocycles. The van der Waals surface area contributed by atoms with Crippen LogP contribution in [-0.2, 0) is 23.9 Å². The second-order valence-electron chi connectivity index (χ2n) is 11.2. The van der Waals surface area contributed by atoms with Crippen LogP contribution < -0.4 is 0 Å². The van der Waals surface area contributed by atoms with E-state index in [0.717, 1.165) is 25.9 Å². The largest absolute Gasteiger partial charge is 0.481 e. The Labute approximate surface area is 219 Å². The number of amides is 2. The summed E-state index contributed by atoms with van der Waals surface area (Å²) >= 11 is 0. The third-order valence-corrected chi connectivity index (χ3v) is 9.07. The average Bonchev–Trinajstić information content (AvgIpc) is 3.38. The smallest absolute Gasteiger partial charge is 0.310 e. The molecule has 0 aromatic carbocycles. The van der Waals surface area contributed by atoms with Crippen molar-refractivity contribution in [1.82, 2.24) is 14.7 Å². The van der Waals surface area contributed by atoms with E-state index in [2.05, 4.69) is 11.5 Å². The van der Waals surface area contributed by atoms with Gasteiger partial charge in [0.25, 0.3) is 0 Å². The van der Waals surface area contributed by atoms with Gasteiger partial charge in [-0.3, -0.25) is 19.3 Å². The van der Waals surface area contributed by atoms with Crippen LogP contribution in [0.2, 0.25) is 0 Å². The number of nitrogens with zero attached hydrogens (tertiary/aromatic N) is 3. The van der Waals surface area contributed by atoms with Crippen LogP contribution >= 0.6 is 0 Å². The average molecular weight is 522 g/mol. The van der Waals surface area contributed by atoms with E-state index in [4.69, 9.17) is 14.6 Å². The van der Waals surface area contributed by atoms with Crippen LogP contribution in [0.5, 0.6) is 0 Å². The van der Waals surface area contributed by atoms with Gasteiger partial charge in [-0.25, -0.2) is 0 Å². The molecule has 2 N–H and O–H groups in total. The SMILES string of the molecule is C=CCN(CCN1CCOCC1)C(=O)C1N(CCCCCCO)C(=O)[C@@H]2[C@@H](C(=O)O)[C@]3(C)OC12CC3C. The van der Waals surface area contributed by atoms with Crippen molar-refractivity contribution in [3.63, 3.8) is 0 Å². The number of aliphatic carboxylic acids is 1.